The highest BCUT2D eigenvalue weighted by Crippen LogP contribution is 2.22. The third-order valence-corrected chi connectivity index (χ3v) is 20.0. The number of carboxylic acid groups (broad SMARTS) is 1. The molecule has 0 saturated heterocycles. The lowest BCUT2D eigenvalue weighted by Crippen LogP contribution is -2.61. The Morgan fingerprint density at radius 1 is 0.441 bits per heavy atom. The number of carboxylic acids is 1. The van der Waals surface area contributed by atoms with Crippen molar-refractivity contribution >= 4 is 111 Å². The third-order valence-electron chi connectivity index (χ3n) is 19.4. The van der Waals surface area contributed by atoms with Gasteiger partial charge < -0.3 is 113 Å². The Hall–Kier alpha value is -12.6. The molecule has 0 radical (unpaired) electrons. The van der Waals surface area contributed by atoms with Crippen molar-refractivity contribution in [2.45, 2.75) is 177 Å². The van der Waals surface area contributed by atoms with Gasteiger partial charge in [0.2, 0.25) is 76.8 Å². The van der Waals surface area contributed by atoms with Crippen molar-refractivity contribution in [3.05, 3.63) is 167 Å². The van der Waals surface area contributed by atoms with Gasteiger partial charge in [0, 0.05) is 62.2 Å². The summed E-state index contributed by atoms with van der Waals surface area (Å²) in [5.74, 6) is -14.9. The molecular formula is C81H109N19O17S. The van der Waals surface area contributed by atoms with Gasteiger partial charge in [0.15, 0.2) is 5.96 Å². The number of thioether (sulfide) groups is 1. The number of aliphatic carboxylic acids is 1. The van der Waals surface area contributed by atoms with E-state index in [2.05, 4.69) is 68.8 Å². The Balaban J connectivity index is 1.32. The minimum Gasteiger partial charge on any atom is -0.508 e. The zero-order chi connectivity index (χ0) is 86.4. The Kier molecular flexibility index (Phi) is 38.9. The fourth-order valence-corrected chi connectivity index (χ4v) is 13.1. The molecule has 0 fully saturated rings. The van der Waals surface area contributed by atoms with Gasteiger partial charge in [0.05, 0.1) is 13.0 Å². The average molecular weight is 1650 g/mol. The van der Waals surface area contributed by atoms with Crippen molar-refractivity contribution in [2.24, 2.45) is 34.6 Å². The summed E-state index contributed by atoms with van der Waals surface area (Å²) >= 11 is 1.27. The van der Waals surface area contributed by atoms with E-state index in [0.717, 1.165) is 0 Å². The van der Waals surface area contributed by atoms with E-state index >= 15 is 19.2 Å². The minimum atomic E-state index is -1.90. The van der Waals surface area contributed by atoms with Gasteiger partial charge in [-0.15, -0.1) is 0 Å². The van der Waals surface area contributed by atoms with Gasteiger partial charge in [-0.2, -0.15) is 11.8 Å². The molecule has 13 amide bonds. The third kappa shape index (κ3) is 31.9. The molecule has 37 heteroatoms. The highest BCUT2D eigenvalue weighted by atomic mass is 32.2. The van der Waals surface area contributed by atoms with Crippen LogP contribution >= 0.6 is 11.8 Å². The first kappa shape index (κ1) is 94.2. The summed E-state index contributed by atoms with van der Waals surface area (Å²) in [5.41, 5.74) is 31.3. The standard InChI is InChI=1S/C81H109N19O17S/c1-4-46(2)69(79(115)94-59(80(116)117)23-15-36-88-81(86)87)100-72(108)58(34-37-118-3)93-78(114)65(43-67(85)104)99-71(107)57(32-33-66(84)103)92-75(111)63(41-50-26-30-53(102)31-27-50)97-77(113)64(42-51-45-89-55-21-12-11-20-54(51)55)98-70(106)56(22-13-14-35-82)91-74(110)62(40-49-24-28-52(101)29-25-49)96-76(112)61(39-48-18-9-6-10-19-48)95-73(109)60(90-68(105)44-83)38-47-16-7-5-8-17-47/h5-12,16-21,24-31,45-46,56-65,69,89,101-102H,4,13-15,22-23,32-44,82-83H2,1-3H3,(H2,84,103)(H2,85,104)(H,90,105)(H,91,110)(H,92,111)(H,93,114)(H,94,115)(H,95,109)(H,96,112)(H,97,113)(H,98,106)(H,99,107)(H,100,108)(H,116,117)(H4,86,87,88)/t46-,56-,57-,58-,59-,60-,61-,62-,63-,64-,65-,69-/m0/s1. The highest BCUT2D eigenvalue weighted by molar-refractivity contribution is 7.98. The summed E-state index contributed by atoms with van der Waals surface area (Å²) in [7, 11) is 0. The lowest BCUT2D eigenvalue weighted by atomic mass is 9.97. The molecule has 0 bridgehead atoms. The predicted molar refractivity (Wildman–Crippen MR) is 441 cm³/mol. The second-order valence-corrected chi connectivity index (χ2v) is 29.5. The van der Waals surface area contributed by atoms with Crippen LogP contribution in [0.4, 0.5) is 0 Å². The van der Waals surface area contributed by atoms with Crippen molar-refractivity contribution in [2.75, 3.05) is 31.6 Å². The number of aromatic hydroxyl groups is 2. The molecule has 0 spiro atoms. The maximum absolute atomic E-state index is 15.5. The number of nitrogens with one attached hydrogen (secondary N) is 14. The fraction of sp³-hybridized carbons (Fsp3) is 0.420. The van der Waals surface area contributed by atoms with Crippen LogP contribution in [-0.4, -0.2) is 207 Å². The molecule has 6 aromatic rings. The lowest BCUT2D eigenvalue weighted by molar-refractivity contribution is -0.143. The summed E-state index contributed by atoms with van der Waals surface area (Å²) in [6.07, 6.45) is 0.891. The summed E-state index contributed by atoms with van der Waals surface area (Å²) in [6.45, 7) is 3.16. The first-order valence-electron chi connectivity index (χ1n) is 38.7. The molecule has 0 saturated carbocycles. The van der Waals surface area contributed by atoms with Gasteiger partial charge in [-0.25, -0.2) is 4.79 Å². The Morgan fingerprint density at radius 3 is 1.29 bits per heavy atom. The molecule has 0 aliphatic rings. The second kappa shape index (κ2) is 48.7. The summed E-state index contributed by atoms with van der Waals surface area (Å²) in [5, 5.41) is 70.1. The van der Waals surface area contributed by atoms with Crippen LogP contribution in [0.2, 0.25) is 0 Å². The number of para-hydroxylation sites is 1. The largest absolute Gasteiger partial charge is 0.508 e. The molecule has 12 atom stereocenters. The molecule has 636 valence electrons. The molecule has 5 aromatic carbocycles. The molecule has 1 aromatic heterocycles. The highest BCUT2D eigenvalue weighted by Gasteiger charge is 2.39. The topological polar surface area (TPSA) is 614 Å². The smallest absolute Gasteiger partial charge is 0.326 e. The van der Waals surface area contributed by atoms with Crippen LogP contribution in [0.25, 0.3) is 10.9 Å². The number of phenols is 2. The summed E-state index contributed by atoms with van der Waals surface area (Å²) in [4.78, 5) is 201. The number of aromatic amines is 1. The van der Waals surface area contributed by atoms with Gasteiger partial charge in [0.1, 0.15) is 78.0 Å². The van der Waals surface area contributed by atoms with E-state index < -0.39 is 187 Å². The SMILES string of the molecule is CC[C@H](C)[C@H](NC(=O)[C@H](CCSC)NC(=O)[C@H](CC(N)=O)NC(=O)[C@H](CCC(N)=O)NC(=O)[C@H](Cc1ccc(O)cc1)NC(=O)[C@H](Cc1c[nH]c2ccccc12)NC(=O)[C@H](CCCCN)NC(=O)[C@H](Cc1ccc(O)cc1)NC(=O)[C@H](Cc1ccccc1)NC(=O)[C@H](Cc1ccccc1)NC(=O)CN)C(=O)N[C@@H](CCCNC(=N)N)C(=O)O. The van der Waals surface area contributed by atoms with E-state index in [1.807, 2.05) is 0 Å². The lowest BCUT2D eigenvalue weighted by Gasteiger charge is -2.29. The number of guanidine groups is 1. The molecule has 0 unspecified atom stereocenters. The van der Waals surface area contributed by atoms with Crippen molar-refractivity contribution in [3.8, 4) is 11.5 Å². The number of benzene rings is 5. The van der Waals surface area contributed by atoms with Crippen LogP contribution in [0.5, 0.6) is 11.5 Å². The van der Waals surface area contributed by atoms with E-state index in [1.165, 1.54) is 60.3 Å². The molecule has 1 heterocycles. The van der Waals surface area contributed by atoms with Crippen molar-refractivity contribution < 1.29 is 82.4 Å². The molecular weight excluding hydrogens is 1540 g/mol. The number of hydrogen-bond donors (Lipinski definition) is 22. The number of aromatic nitrogens is 1. The van der Waals surface area contributed by atoms with Crippen molar-refractivity contribution in [1.29, 1.82) is 5.41 Å². The van der Waals surface area contributed by atoms with Crippen LogP contribution in [0.15, 0.2) is 140 Å². The minimum absolute atomic E-state index is 0.000394. The number of phenolic OH excluding ortho intramolecular Hbond substituents is 2. The van der Waals surface area contributed by atoms with Crippen molar-refractivity contribution in [3.63, 3.8) is 0 Å². The van der Waals surface area contributed by atoms with Crippen LogP contribution in [0.1, 0.15) is 106 Å². The number of unbranched alkanes of at least 4 members (excludes halogenated alkanes) is 1. The molecule has 118 heavy (non-hydrogen) atoms. The zero-order valence-corrected chi connectivity index (χ0v) is 66.8. The number of hydrogen-bond acceptors (Lipinski definition) is 20. The van der Waals surface area contributed by atoms with E-state index in [1.54, 1.807) is 111 Å². The van der Waals surface area contributed by atoms with Crippen LogP contribution in [0, 0.1) is 11.3 Å². The monoisotopic (exact) mass is 1650 g/mol. The zero-order valence-electron chi connectivity index (χ0n) is 66.0. The number of carbonyl (C=O) groups is 14. The summed E-state index contributed by atoms with van der Waals surface area (Å²) < 4.78 is 0. The van der Waals surface area contributed by atoms with Gasteiger partial charge in [-0.3, -0.25) is 67.7 Å². The first-order valence-corrected chi connectivity index (χ1v) is 40.1. The van der Waals surface area contributed by atoms with E-state index in [4.69, 9.17) is 34.1 Å². The molecule has 36 nitrogen and oxygen atoms in total. The normalized spacial score (nSPS) is 14.1. The molecule has 0 aliphatic carbocycles. The first-order chi connectivity index (χ1) is 56.4. The van der Waals surface area contributed by atoms with E-state index in [-0.39, 0.29) is 94.1 Å². The molecule has 0 aliphatic heterocycles. The maximum Gasteiger partial charge on any atom is 0.326 e. The number of primary amides is 2. The van der Waals surface area contributed by atoms with Gasteiger partial charge in [-0.05, 0) is 128 Å². The number of carbonyl (C=O) groups excluding carboxylic acids is 13. The number of nitrogens with two attached hydrogens (primary N) is 5. The Bertz CT molecular complexity index is 4390. The van der Waals surface area contributed by atoms with Crippen LogP contribution in [-0.2, 0) is 99.2 Å². The molecule has 27 N–H and O–H groups in total. The fourth-order valence-electron chi connectivity index (χ4n) is 12.7. The van der Waals surface area contributed by atoms with Gasteiger partial charge >= 0.3 is 5.97 Å². The molecule has 6 rings (SSSR count). The maximum atomic E-state index is 15.5. The number of rotatable bonds is 51. The number of H-pyrrole nitrogens is 1. The summed E-state index contributed by atoms with van der Waals surface area (Å²) in [6, 6.07) is 18.5. The van der Waals surface area contributed by atoms with Gasteiger partial charge in [0.25, 0.3) is 0 Å². The number of fused-ring (bicyclic) bond motifs is 1. The van der Waals surface area contributed by atoms with Crippen LogP contribution < -0.4 is 92.5 Å². The number of amides is 13. The Labute approximate surface area is 686 Å². The van der Waals surface area contributed by atoms with Crippen LogP contribution in [0.3, 0.4) is 0 Å². The van der Waals surface area contributed by atoms with E-state index in [9.17, 15) is 63.3 Å². The second-order valence-electron chi connectivity index (χ2n) is 28.5. The van der Waals surface area contributed by atoms with Gasteiger partial charge in [-0.1, -0.05) is 123 Å². The van der Waals surface area contributed by atoms with Crippen molar-refractivity contribution in [1.82, 2.24) is 68.8 Å². The average Bonchev–Trinajstić information content (AvgIpc) is 1.61. The Morgan fingerprint density at radius 2 is 0.839 bits per heavy atom. The predicted octanol–water partition coefficient (Wildman–Crippen LogP) is -1.20. The quantitative estimate of drug-likeness (QED) is 0.0121. The van der Waals surface area contributed by atoms with E-state index in [0.29, 0.717) is 51.6 Å².